The van der Waals surface area contributed by atoms with Crippen molar-refractivity contribution >= 4 is 29.5 Å². The van der Waals surface area contributed by atoms with Gasteiger partial charge in [0.25, 0.3) is 0 Å². The van der Waals surface area contributed by atoms with Gasteiger partial charge in [0.2, 0.25) is 5.90 Å². The average molecular weight is 368 g/mol. The first-order chi connectivity index (χ1) is 12.6. The highest BCUT2D eigenvalue weighted by Crippen LogP contribution is 2.30. The van der Waals surface area contributed by atoms with Crippen molar-refractivity contribution < 1.29 is 18.3 Å². The molecule has 26 heavy (non-hydrogen) atoms. The lowest BCUT2D eigenvalue weighted by molar-refractivity contribution is -0.129. The van der Waals surface area contributed by atoms with Gasteiger partial charge in [0, 0.05) is 17.2 Å². The molecule has 0 N–H and O–H groups in total. The Labute approximate surface area is 153 Å². The molecule has 0 radical (unpaired) electrons. The van der Waals surface area contributed by atoms with Crippen molar-refractivity contribution in [2.45, 2.75) is 0 Å². The van der Waals surface area contributed by atoms with E-state index >= 15 is 0 Å². The second-order valence-electron chi connectivity index (χ2n) is 5.52. The first-order valence-electron chi connectivity index (χ1n) is 7.73. The number of aliphatic imine (C=N–C) groups is 1. The van der Waals surface area contributed by atoms with E-state index in [0.717, 1.165) is 5.56 Å². The molecule has 128 valence electrons. The van der Waals surface area contributed by atoms with Crippen LogP contribution >= 0.6 is 11.6 Å². The molecule has 0 saturated heterocycles. The minimum Gasteiger partial charge on any atom is -0.457 e. The molecule has 0 fully saturated rings. The number of carbonyl (C=O) groups is 1. The highest BCUT2D eigenvalue weighted by Gasteiger charge is 2.24. The van der Waals surface area contributed by atoms with E-state index in [1.807, 2.05) is 18.2 Å². The van der Waals surface area contributed by atoms with Crippen LogP contribution in [0.25, 0.3) is 17.4 Å². The quantitative estimate of drug-likeness (QED) is 0.479. The zero-order chi connectivity index (χ0) is 18.1. The smallest absolute Gasteiger partial charge is 0.363 e. The Bertz CT molecular complexity index is 1050. The van der Waals surface area contributed by atoms with E-state index in [0.29, 0.717) is 22.1 Å². The molecule has 4 nitrogen and oxygen atoms in total. The number of furan rings is 1. The summed E-state index contributed by atoms with van der Waals surface area (Å²) in [5.74, 6) is 0.170. The van der Waals surface area contributed by atoms with Crippen LogP contribution in [0.3, 0.4) is 0 Å². The van der Waals surface area contributed by atoms with Gasteiger partial charge in [0.15, 0.2) is 5.70 Å². The van der Waals surface area contributed by atoms with Gasteiger partial charge in [-0.05, 0) is 48.5 Å². The van der Waals surface area contributed by atoms with Crippen molar-refractivity contribution in [1.82, 2.24) is 0 Å². The van der Waals surface area contributed by atoms with Crippen LogP contribution in [0.15, 0.2) is 75.8 Å². The molecule has 1 aliphatic rings. The first kappa shape index (κ1) is 16.3. The lowest BCUT2D eigenvalue weighted by Crippen LogP contribution is -2.05. The minimum atomic E-state index is -0.597. The fourth-order valence-electron chi connectivity index (χ4n) is 2.50. The monoisotopic (exact) mass is 367 g/mol. The maximum atomic E-state index is 13.0. The van der Waals surface area contributed by atoms with Crippen molar-refractivity contribution in [1.29, 1.82) is 0 Å². The molecule has 2 aromatic carbocycles. The summed E-state index contributed by atoms with van der Waals surface area (Å²) in [6, 6.07) is 16.3. The molecule has 0 atom stereocenters. The third-order valence-electron chi connectivity index (χ3n) is 3.76. The summed E-state index contributed by atoms with van der Waals surface area (Å²) in [5.41, 5.74) is 1.37. The number of rotatable bonds is 3. The highest BCUT2D eigenvalue weighted by molar-refractivity contribution is 6.33. The molecule has 0 saturated carbocycles. The van der Waals surface area contributed by atoms with E-state index < -0.39 is 5.97 Å². The SMILES string of the molecule is O=C1OC(c2ccc(F)cc2)=NC1=Cc1ccc(-c2ccccc2Cl)o1. The Morgan fingerprint density at radius 1 is 1.00 bits per heavy atom. The Morgan fingerprint density at radius 2 is 1.77 bits per heavy atom. The Balaban J connectivity index is 1.63. The van der Waals surface area contributed by atoms with Crippen LogP contribution in [0.5, 0.6) is 0 Å². The van der Waals surface area contributed by atoms with Crippen LogP contribution in [-0.2, 0) is 9.53 Å². The Kier molecular flexibility index (Phi) is 4.14. The van der Waals surface area contributed by atoms with Gasteiger partial charge in [-0.3, -0.25) is 0 Å². The summed E-state index contributed by atoms with van der Waals surface area (Å²) in [6.45, 7) is 0. The van der Waals surface area contributed by atoms with Gasteiger partial charge in [-0.15, -0.1) is 0 Å². The van der Waals surface area contributed by atoms with Crippen molar-refractivity contribution in [3.05, 3.63) is 88.5 Å². The van der Waals surface area contributed by atoms with E-state index in [1.165, 1.54) is 30.3 Å². The fraction of sp³-hybridized carbons (Fsp3) is 0. The summed E-state index contributed by atoms with van der Waals surface area (Å²) in [4.78, 5) is 16.2. The summed E-state index contributed by atoms with van der Waals surface area (Å²) >= 11 is 6.16. The molecule has 2 heterocycles. The van der Waals surface area contributed by atoms with E-state index in [2.05, 4.69) is 4.99 Å². The number of esters is 1. The number of benzene rings is 2. The number of cyclic esters (lactones) is 1. The number of hydrogen-bond acceptors (Lipinski definition) is 4. The second kappa shape index (κ2) is 6.61. The molecule has 4 rings (SSSR count). The van der Waals surface area contributed by atoms with Crippen LogP contribution < -0.4 is 0 Å². The van der Waals surface area contributed by atoms with Crippen LogP contribution in [-0.4, -0.2) is 11.9 Å². The maximum absolute atomic E-state index is 13.0. The summed E-state index contributed by atoms with van der Waals surface area (Å²) in [5, 5.41) is 0.568. The molecule has 0 unspecified atom stereocenters. The predicted octanol–water partition coefficient (Wildman–Crippen LogP) is 5.08. The summed E-state index contributed by atoms with van der Waals surface area (Å²) in [6.07, 6.45) is 1.49. The highest BCUT2D eigenvalue weighted by atomic mass is 35.5. The molecular weight excluding hydrogens is 357 g/mol. The summed E-state index contributed by atoms with van der Waals surface area (Å²) in [7, 11) is 0. The van der Waals surface area contributed by atoms with Gasteiger partial charge in [0.05, 0.1) is 5.02 Å². The molecule has 0 spiro atoms. The van der Waals surface area contributed by atoms with Crippen LogP contribution in [0, 0.1) is 5.82 Å². The normalized spacial score (nSPS) is 15.2. The standard InChI is InChI=1S/C20H11ClFNO3/c21-16-4-2-1-3-15(16)18-10-9-14(25-18)11-17-20(24)26-19(23-17)12-5-7-13(22)8-6-12/h1-11H. The number of nitrogens with zero attached hydrogens (tertiary/aromatic N) is 1. The number of hydrogen-bond donors (Lipinski definition) is 0. The third-order valence-corrected chi connectivity index (χ3v) is 4.09. The van der Waals surface area contributed by atoms with E-state index in [-0.39, 0.29) is 17.4 Å². The van der Waals surface area contributed by atoms with Crippen molar-refractivity contribution in [3.8, 4) is 11.3 Å². The van der Waals surface area contributed by atoms with Gasteiger partial charge in [0.1, 0.15) is 17.3 Å². The Hall–Kier alpha value is -3.18. The number of halogens is 2. The first-order valence-corrected chi connectivity index (χ1v) is 8.11. The second-order valence-corrected chi connectivity index (χ2v) is 5.93. The van der Waals surface area contributed by atoms with Crippen molar-refractivity contribution in [2.24, 2.45) is 4.99 Å². The lowest BCUT2D eigenvalue weighted by atomic mass is 10.2. The average Bonchev–Trinajstić information content (AvgIpc) is 3.24. The molecule has 3 aromatic rings. The van der Waals surface area contributed by atoms with E-state index in [9.17, 15) is 9.18 Å². The van der Waals surface area contributed by atoms with Crippen molar-refractivity contribution in [3.63, 3.8) is 0 Å². The molecule has 0 aliphatic carbocycles. The molecule has 0 bridgehead atoms. The number of carbonyl (C=O) groups excluding carboxylic acids is 1. The van der Waals surface area contributed by atoms with Gasteiger partial charge in [-0.25, -0.2) is 14.2 Å². The van der Waals surface area contributed by atoms with Crippen LogP contribution in [0.1, 0.15) is 11.3 Å². The van der Waals surface area contributed by atoms with E-state index in [4.69, 9.17) is 20.8 Å². The topological polar surface area (TPSA) is 51.8 Å². The zero-order valence-electron chi connectivity index (χ0n) is 13.3. The molecule has 1 aliphatic heterocycles. The largest absolute Gasteiger partial charge is 0.457 e. The van der Waals surface area contributed by atoms with Gasteiger partial charge in [-0.1, -0.05) is 23.7 Å². The number of ether oxygens (including phenoxy) is 1. The maximum Gasteiger partial charge on any atom is 0.363 e. The molecule has 1 aromatic heterocycles. The molecule has 6 heteroatoms. The van der Waals surface area contributed by atoms with Gasteiger partial charge < -0.3 is 9.15 Å². The Morgan fingerprint density at radius 3 is 2.54 bits per heavy atom. The fourth-order valence-corrected chi connectivity index (χ4v) is 2.72. The van der Waals surface area contributed by atoms with Gasteiger partial charge in [-0.2, -0.15) is 0 Å². The lowest BCUT2D eigenvalue weighted by Gasteiger charge is -1.99. The zero-order valence-corrected chi connectivity index (χ0v) is 14.0. The van der Waals surface area contributed by atoms with Crippen molar-refractivity contribution in [2.75, 3.05) is 0 Å². The molecular formula is C20H11ClFNO3. The van der Waals surface area contributed by atoms with Crippen LogP contribution in [0.4, 0.5) is 4.39 Å². The van der Waals surface area contributed by atoms with Gasteiger partial charge >= 0.3 is 5.97 Å². The molecule has 0 amide bonds. The summed E-state index contributed by atoms with van der Waals surface area (Å²) < 4.78 is 23.9. The predicted molar refractivity (Wildman–Crippen MR) is 96.2 cm³/mol. The van der Waals surface area contributed by atoms with Crippen LogP contribution in [0.2, 0.25) is 5.02 Å². The van der Waals surface area contributed by atoms with E-state index in [1.54, 1.807) is 18.2 Å². The third kappa shape index (κ3) is 3.17. The minimum absolute atomic E-state index is 0.101.